The highest BCUT2D eigenvalue weighted by atomic mass is 32.2. The molecule has 0 unspecified atom stereocenters. The molecular weight excluding hydrogens is 340 g/mol. The van der Waals surface area contributed by atoms with Gasteiger partial charge < -0.3 is 4.74 Å². The first-order valence-corrected chi connectivity index (χ1v) is 9.46. The Balaban J connectivity index is 1.97. The molecule has 0 atom stereocenters. The van der Waals surface area contributed by atoms with Crippen LogP contribution >= 0.6 is 0 Å². The highest BCUT2D eigenvalue weighted by molar-refractivity contribution is 7.85. The highest BCUT2D eigenvalue weighted by Crippen LogP contribution is 2.31. The number of esters is 1. The molecule has 2 aromatic rings. The SMILES string of the molecule is CC(C)(C)c1ccccc1OC(=O)COS(=O)(=O)Cc1ccccc1. The van der Waals surface area contributed by atoms with Gasteiger partial charge in [-0.15, -0.1) is 0 Å². The molecule has 0 aliphatic rings. The first-order valence-electron chi connectivity index (χ1n) is 7.88. The number of benzene rings is 2. The van der Waals surface area contributed by atoms with E-state index in [0.717, 1.165) is 5.56 Å². The van der Waals surface area contributed by atoms with E-state index in [0.29, 0.717) is 11.3 Å². The summed E-state index contributed by atoms with van der Waals surface area (Å²) in [6.45, 7) is 5.34. The third kappa shape index (κ3) is 5.99. The summed E-state index contributed by atoms with van der Waals surface area (Å²) in [5.41, 5.74) is 1.24. The lowest BCUT2D eigenvalue weighted by molar-refractivity contribution is -0.136. The Bertz CT molecular complexity index is 820. The smallest absolute Gasteiger partial charge is 0.339 e. The summed E-state index contributed by atoms with van der Waals surface area (Å²) >= 11 is 0. The molecule has 0 fully saturated rings. The molecule has 25 heavy (non-hydrogen) atoms. The minimum atomic E-state index is -3.86. The van der Waals surface area contributed by atoms with E-state index in [-0.39, 0.29) is 11.2 Å². The maximum Gasteiger partial charge on any atom is 0.339 e. The van der Waals surface area contributed by atoms with Crippen molar-refractivity contribution in [2.24, 2.45) is 0 Å². The van der Waals surface area contributed by atoms with Gasteiger partial charge >= 0.3 is 5.97 Å². The predicted octanol–water partition coefficient (Wildman–Crippen LogP) is 3.44. The number of para-hydroxylation sites is 1. The zero-order valence-electron chi connectivity index (χ0n) is 14.6. The van der Waals surface area contributed by atoms with Crippen LogP contribution in [0.1, 0.15) is 31.9 Å². The zero-order chi connectivity index (χ0) is 18.5. The van der Waals surface area contributed by atoms with E-state index >= 15 is 0 Å². The molecule has 0 heterocycles. The fraction of sp³-hybridized carbons (Fsp3) is 0.316. The van der Waals surface area contributed by atoms with Crippen molar-refractivity contribution < 1.29 is 22.1 Å². The molecule has 0 aromatic heterocycles. The molecule has 0 amide bonds. The first-order chi connectivity index (χ1) is 11.7. The quantitative estimate of drug-likeness (QED) is 0.447. The summed E-state index contributed by atoms with van der Waals surface area (Å²) in [7, 11) is -3.86. The largest absolute Gasteiger partial charge is 0.424 e. The van der Waals surface area contributed by atoms with Crippen LogP contribution in [-0.2, 0) is 30.3 Å². The van der Waals surface area contributed by atoms with E-state index in [1.54, 1.807) is 42.5 Å². The van der Waals surface area contributed by atoms with Crippen molar-refractivity contribution in [2.45, 2.75) is 31.9 Å². The standard InChI is InChI=1S/C19H22O5S/c1-19(2,3)16-11-7-8-12-17(16)24-18(20)13-23-25(21,22)14-15-9-5-4-6-10-15/h4-12H,13-14H2,1-3H3. The predicted molar refractivity (Wildman–Crippen MR) is 95.8 cm³/mol. The van der Waals surface area contributed by atoms with Crippen molar-refractivity contribution in [3.05, 3.63) is 65.7 Å². The van der Waals surface area contributed by atoms with Gasteiger partial charge in [0, 0.05) is 5.56 Å². The van der Waals surface area contributed by atoms with Crippen LogP contribution in [0, 0.1) is 0 Å². The Morgan fingerprint density at radius 3 is 2.20 bits per heavy atom. The van der Waals surface area contributed by atoms with Crippen LogP contribution < -0.4 is 4.74 Å². The van der Waals surface area contributed by atoms with Crippen molar-refractivity contribution in [3.63, 3.8) is 0 Å². The average molecular weight is 362 g/mol. The molecule has 0 aliphatic carbocycles. The molecule has 0 spiro atoms. The third-order valence-corrected chi connectivity index (χ3v) is 4.63. The van der Waals surface area contributed by atoms with E-state index in [4.69, 9.17) is 8.92 Å². The monoisotopic (exact) mass is 362 g/mol. The van der Waals surface area contributed by atoms with Gasteiger partial charge in [0.25, 0.3) is 10.1 Å². The van der Waals surface area contributed by atoms with Crippen molar-refractivity contribution in [1.82, 2.24) is 0 Å². The molecule has 5 nitrogen and oxygen atoms in total. The van der Waals surface area contributed by atoms with Gasteiger partial charge in [-0.1, -0.05) is 69.3 Å². The Hall–Kier alpha value is -2.18. The Kier molecular flexibility index (Phi) is 5.98. The van der Waals surface area contributed by atoms with Crippen LogP contribution in [0.5, 0.6) is 5.75 Å². The van der Waals surface area contributed by atoms with Crippen LogP contribution in [0.3, 0.4) is 0 Å². The lowest BCUT2D eigenvalue weighted by Crippen LogP contribution is -2.22. The second kappa shape index (κ2) is 7.80. The van der Waals surface area contributed by atoms with Gasteiger partial charge in [-0.2, -0.15) is 8.42 Å². The number of carbonyl (C=O) groups is 1. The lowest BCUT2D eigenvalue weighted by Gasteiger charge is -2.21. The maximum atomic E-state index is 12.0. The van der Waals surface area contributed by atoms with Crippen molar-refractivity contribution in [2.75, 3.05) is 6.61 Å². The highest BCUT2D eigenvalue weighted by Gasteiger charge is 2.21. The van der Waals surface area contributed by atoms with E-state index < -0.39 is 22.7 Å². The second-order valence-corrected chi connectivity index (χ2v) is 8.31. The molecule has 0 saturated carbocycles. The van der Waals surface area contributed by atoms with Crippen molar-refractivity contribution in [3.8, 4) is 5.75 Å². The molecule has 0 saturated heterocycles. The van der Waals surface area contributed by atoms with Crippen LogP contribution in [0.15, 0.2) is 54.6 Å². The van der Waals surface area contributed by atoms with E-state index in [9.17, 15) is 13.2 Å². The molecule has 2 aromatic carbocycles. The van der Waals surface area contributed by atoms with Gasteiger partial charge in [-0.05, 0) is 17.0 Å². The number of rotatable bonds is 6. The third-order valence-electron chi connectivity index (χ3n) is 3.46. The summed E-state index contributed by atoms with van der Waals surface area (Å²) in [6, 6.07) is 15.8. The molecule has 0 bridgehead atoms. The molecule has 134 valence electrons. The van der Waals surface area contributed by atoms with Crippen molar-refractivity contribution in [1.29, 1.82) is 0 Å². The van der Waals surface area contributed by atoms with E-state index in [1.807, 2.05) is 32.9 Å². The summed E-state index contributed by atoms with van der Waals surface area (Å²) in [5, 5.41) is 0. The molecule has 6 heteroatoms. The van der Waals surface area contributed by atoms with Gasteiger partial charge in [0.05, 0.1) is 0 Å². The molecule has 0 N–H and O–H groups in total. The second-order valence-electron chi connectivity index (χ2n) is 6.67. The molecular formula is C19H22O5S. The summed E-state index contributed by atoms with van der Waals surface area (Å²) in [6.07, 6.45) is 0. The van der Waals surface area contributed by atoms with Crippen LogP contribution in [0.2, 0.25) is 0 Å². The molecule has 2 rings (SSSR count). The molecule has 0 radical (unpaired) electrons. The summed E-state index contributed by atoms with van der Waals surface area (Å²) < 4.78 is 34.0. The Morgan fingerprint density at radius 1 is 0.960 bits per heavy atom. The van der Waals surface area contributed by atoms with Crippen LogP contribution in [0.4, 0.5) is 0 Å². The van der Waals surface area contributed by atoms with Gasteiger partial charge in [0.1, 0.15) is 11.5 Å². The van der Waals surface area contributed by atoms with E-state index in [1.165, 1.54) is 0 Å². The number of hydrogen-bond acceptors (Lipinski definition) is 5. The lowest BCUT2D eigenvalue weighted by atomic mass is 9.86. The number of carbonyl (C=O) groups excluding carboxylic acids is 1. The zero-order valence-corrected chi connectivity index (χ0v) is 15.4. The Morgan fingerprint density at radius 2 is 1.56 bits per heavy atom. The maximum absolute atomic E-state index is 12.0. The number of ether oxygens (including phenoxy) is 1. The summed E-state index contributed by atoms with van der Waals surface area (Å²) in [4.78, 5) is 12.0. The first kappa shape index (κ1) is 19.1. The molecule has 0 aliphatic heterocycles. The van der Waals surface area contributed by atoms with Gasteiger partial charge in [0.2, 0.25) is 0 Å². The van der Waals surface area contributed by atoms with Gasteiger partial charge in [-0.3, -0.25) is 4.18 Å². The minimum Gasteiger partial charge on any atom is -0.424 e. The van der Waals surface area contributed by atoms with Gasteiger partial charge in [-0.25, -0.2) is 4.79 Å². The van der Waals surface area contributed by atoms with E-state index in [2.05, 4.69) is 0 Å². The van der Waals surface area contributed by atoms with Crippen molar-refractivity contribution >= 4 is 16.1 Å². The minimum absolute atomic E-state index is 0.211. The normalized spacial score (nSPS) is 12.0. The van der Waals surface area contributed by atoms with Crippen LogP contribution in [0.25, 0.3) is 0 Å². The van der Waals surface area contributed by atoms with Crippen LogP contribution in [-0.4, -0.2) is 21.0 Å². The average Bonchev–Trinajstić information content (AvgIpc) is 2.53. The topological polar surface area (TPSA) is 69.7 Å². The fourth-order valence-electron chi connectivity index (χ4n) is 2.29. The number of hydrogen-bond donors (Lipinski definition) is 0. The van der Waals surface area contributed by atoms with Gasteiger partial charge in [0.15, 0.2) is 6.61 Å². The summed E-state index contributed by atoms with van der Waals surface area (Å²) in [5.74, 6) is -0.642. The Labute approximate surface area is 148 Å². The fourth-order valence-corrected chi connectivity index (χ4v) is 3.25.